The van der Waals surface area contributed by atoms with Crippen molar-refractivity contribution in [3.05, 3.63) is 24.3 Å². The van der Waals surface area contributed by atoms with Crippen LogP contribution in [0.3, 0.4) is 0 Å². The van der Waals surface area contributed by atoms with Crippen molar-refractivity contribution in [1.82, 2.24) is 4.72 Å². The minimum Gasteiger partial charge on any atom is -0.329 e. The van der Waals surface area contributed by atoms with E-state index in [-0.39, 0.29) is 23.4 Å². The summed E-state index contributed by atoms with van der Waals surface area (Å²) in [5, 5.41) is 2.67. The smallest absolute Gasteiger partial charge is 0.240 e. The lowest BCUT2D eigenvalue weighted by Crippen LogP contribution is -2.40. The van der Waals surface area contributed by atoms with Crippen LogP contribution >= 0.6 is 0 Å². The Morgan fingerprint density at radius 1 is 1.23 bits per heavy atom. The Bertz CT molecular complexity index is 583. The van der Waals surface area contributed by atoms with Crippen LogP contribution in [-0.4, -0.2) is 26.9 Å². The fraction of sp³-hybridized carbons (Fsp3) is 0.533. The number of carbonyl (C=O) groups is 1. The number of rotatable bonds is 8. The van der Waals surface area contributed by atoms with Crippen molar-refractivity contribution in [2.24, 2.45) is 11.7 Å². The molecular weight excluding hydrogens is 302 g/mol. The standard InChI is InChI=1S/C15H25N3O3S/c1-4-15(19)17-12-5-7-14(8-6-12)22(20,21)18-13(10-16)9-11(2)3/h5-8,11,13,18H,4,9-10,16H2,1-3H3,(H,17,19). The Morgan fingerprint density at radius 2 is 1.82 bits per heavy atom. The maximum Gasteiger partial charge on any atom is 0.240 e. The van der Waals surface area contributed by atoms with E-state index in [1.54, 1.807) is 19.1 Å². The van der Waals surface area contributed by atoms with E-state index < -0.39 is 10.0 Å². The van der Waals surface area contributed by atoms with Gasteiger partial charge in [0.15, 0.2) is 0 Å². The first kappa shape index (κ1) is 18.6. The summed E-state index contributed by atoms with van der Waals surface area (Å²) in [5.41, 5.74) is 6.20. The molecule has 1 rings (SSSR count). The van der Waals surface area contributed by atoms with Crippen molar-refractivity contribution in [3.8, 4) is 0 Å². The fourth-order valence-corrected chi connectivity index (χ4v) is 3.28. The Kier molecular flexibility index (Phi) is 6.99. The number of nitrogens with one attached hydrogen (secondary N) is 2. The van der Waals surface area contributed by atoms with Crippen LogP contribution in [0.15, 0.2) is 29.2 Å². The second-order valence-corrected chi connectivity index (χ2v) is 7.32. The third-order valence-corrected chi connectivity index (χ3v) is 4.67. The minimum absolute atomic E-state index is 0.117. The van der Waals surface area contributed by atoms with E-state index in [2.05, 4.69) is 10.0 Å². The summed E-state index contributed by atoms with van der Waals surface area (Å²) >= 11 is 0. The first-order chi connectivity index (χ1) is 10.3. The van der Waals surface area contributed by atoms with Crippen molar-refractivity contribution in [1.29, 1.82) is 0 Å². The molecule has 1 aromatic carbocycles. The van der Waals surface area contributed by atoms with Crippen molar-refractivity contribution < 1.29 is 13.2 Å². The predicted octanol–water partition coefficient (Wildman–Crippen LogP) is 1.69. The average Bonchev–Trinajstić information content (AvgIpc) is 2.46. The quantitative estimate of drug-likeness (QED) is 0.676. The summed E-state index contributed by atoms with van der Waals surface area (Å²) in [4.78, 5) is 11.5. The molecule has 0 heterocycles. The predicted molar refractivity (Wildman–Crippen MR) is 88.0 cm³/mol. The maximum absolute atomic E-state index is 12.3. The van der Waals surface area contributed by atoms with E-state index in [0.717, 1.165) is 0 Å². The molecule has 0 radical (unpaired) electrons. The number of hydrogen-bond donors (Lipinski definition) is 3. The number of nitrogens with two attached hydrogens (primary N) is 1. The average molecular weight is 327 g/mol. The molecular formula is C15H25N3O3S. The molecule has 0 aromatic heterocycles. The molecule has 1 unspecified atom stereocenters. The molecule has 0 bridgehead atoms. The zero-order chi connectivity index (χ0) is 16.8. The minimum atomic E-state index is -3.61. The van der Waals surface area contributed by atoms with Crippen LogP contribution < -0.4 is 15.8 Å². The number of anilines is 1. The van der Waals surface area contributed by atoms with Crippen LogP contribution in [0.2, 0.25) is 0 Å². The van der Waals surface area contributed by atoms with Gasteiger partial charge in [0.1, 0.15) is 0 Å². The SMILES string of the molecule is CCC(=O)Nc1ccc(S(=O)(=O)NC(CN)CC(C)C)cc1. The lowest BCUT2D eigenvalue weighted by molar-refractivity contribution is -0.115. The molecule has 0 spiro atoms. The molecule has 1 aromatic rings. The Labute approximate surface area is 132 Å². The first-order valence-corrected chi connectivity index (χ1v) is 8.89. The topological polar surface area (TPSA) is 101 Å². The zero-order valence-electron chi connectivity index (χ0n) is 13.3. The van der Waals surface area contributed by atoms with Gasteiger partial charge in [-0.2, -0.15) is 0 Å². The summed E-state index contributed by atoms with van der Waals surface area (Å²) in [6.45, 7) is 6.03. The molecule has 1 amide bonds. The van der Waals surface area contributed by atoms with Gasteiger partial charge in [-0.3, -0.25) is 4.79 Å². The molecule has 0 fully saturated rings. The van der Waals surface area contributed by atoms with Crippen LogP contribution in [0, 0.1) is 5.92 Å². The van der Waals surface area contributed by atoms with E-state index in [4.69, 9.17) is 5.73 Å². The summed E-state index contributed by atoms with van der Waals surface area (Å²) in [7, 11) is -3.61. The second kappa shape index (κ2) is 8.26. The molecule has 124 valence electrons. The van der Waals surface area contributed by atoms with Gasteiger partial charge in [-0.15, -0.1) is 0 Å². The van der Waals surface area contributed by atoms with Gasteiger partial charge in [0.25, 0.3) is 0 Å². The van der Waals surface area contributed by atoms with E-state index >= 15 is 0 Å². The molecule has 22 heavy (non-hydrogen) atoms. The van der Waals surface area contributed by atoms with E-state index in [1.165, 1.54) is 12.1 Å². The van der Waals surface area contributed by atoms with E-state index in [9.17, 15) is 13.2 Å². The van der Waals surface area contributed by atoms with Crippen LogP contribution in [0.4, 0.5) is 5.69 Å². The summed E-state index contributed by atoms with van der Waals surface area (Å²) in [5.74, 6) is 0.233. The van der Waals surface area contributed by atoms with Gasteiger partial charge in [-0.1, -0.05) is 20.8 Å². The van der Waals surface area contributed by atoms with E-state index in [0.29, 0.717) is 24.4 Å². The molecule has 4 N–H and O–H groups in total. The Balaban J connectivity index is 2.82. The normalized spacial score (nSPS) is 13.1. The molecule has 0 aliphatic carbocycles. The number of amides is 1. The monoisotopic (exact) mass is 327 g/mol. The Morgan fingerprint density at radius 3 is 2.27 bits per heavy atom. The lowest BCUT2D eigenvalue weighted by Gasteiger charge is -2.19. The highest BCUT2D eigenvalue weighted by Crippen LogP contribution is 2.15. The third-order valence-electron chi connectivity index (χ3n) is 3.13. The Hall–Kier alpha value is -1.44. The van der Waals surface area contributed by atoms with Crippen LogP contribution in [0.5, 0.6) is 0 Å². The third kappa shape index (κ3) is 5.75. The summed E-state index contributed by atoms with van der Waals surface area (Å²) in [6, 6.07) is 5.79. The van der Waals surface area contributed by atoms with Crippen molar-refractivity contribution >= 4 is 21.6 Å². The first-order valence-electron chi connectivity index (χ1n) is 7.40. The van der Waals surface area contributed by atoms with Gasteiger partial charge < -0.3 is 11.1 Å². The molecule has 0 aliphatic rings. The number of sulfonamides is 1. The molecule has 7 heteroatoms. The lowest BCUT2D eigenvalue weighted by atomic mass is 10.1. The summed E-state index contributed by atoms with van der Waals surface area (Å²) in [6.07, 6.45) is 1.05. The maximum atomic E-state index is 12.3. The highest BCUT2D eigenvalue weighted by Gasteiger charge is 2.20. The van der Waals surface area contributed by atoms with Crippen molar-refractivity contribution in [2.75, 3.05) is 11.9 Å². The van der Waals surface area contributed by atoms with Gasteiger partial charge in [-0.05, 0) is 36.6 Å². The molecule has 1 atom stereocenters. The summed E-state index contributed by atoms with van der Waals surface area (Å²) < 4.78 is 27.3. The van der Waals surface area contributed by atoms with E-state index in [1.807, 2.05) is 13.8 Å². The highest BCUT2D eigenvalue weighted by atomic mass is 32.2. The van der Waals surface area contributed by atoms with Gasteiger partial charge in [0.2, 0.25) is 15.9 Å². The zero-order valence-corrected chi connectivity index (χ0v) is 14.1. The van der Waals surface area contributed by atoms with Crippen LogP contribution in [0.1, 0.15) is 33.6 Å². The number of carbonyl (C=O) groups excluding carboxylic acids is 1. The van der Waals surface area contributed by atoms with Crippen LogP contribution in [0.25, 0.3) is 0 Å². The van der Waals surface area contributed by atoms with Crippen LogP contribution in [-0.2, 0) is 14.8 Å². The molecule has 6 nitrogen and oxygen atoms in total. The number of hydrogen-bond acceptors (Lipinski definition) is 4. The highest BCUT2D eigenvalue weighted by molar-refractivity contribution is 7.89. The largest absolute Gasteiger partial charge is 0.329 e. The van der Waals surface area contributed by atoms with Gasteiger partial charge in [0.05, 0.1) is 4.90 Å². The number of benzene rings is 1. The molecule has 0 saturated heterocycles. The van der Waals surface area contributed by atoms with Crippen molar-refractivity contribution in [2.45, 2.75) is 44.6 Å². The fourth-order valence-electron chi connectivity index (χ4n) is 2.02. The second-order valence-electron chi connectivity index (χ2n) is 5.61. The van der Waals surface area contributed by atoms with Gasteiger partial charge in [-0.25, -0.2) is 13.1 Å². The van der Waals surface area contributed by atoms with Gasteiger partial charge in [0, 0.05) is 24.7 Å². The van der Waals surface area contributed by atoms with Crippen molar-refractivity contribution in [3.63, 3.8) is 0 Å². The molecule has 0 saturated carbocycles. The van der Waals surface area contributed by atoms with Gasteiger partial charge >= 0.3 is 0 Å². The molecule has 0 aliphatic heterocycles.